The second-order valence-corrected chi connectivity index (χ2v) is 7.71. The third-order valence-electron chi connectivity index (χ3n) is 5.80. The van der Waals surface area contributed by atoms with Crippen LogP contribution in [0.2, 0.25) is 0 Å². The molecule has 2 fully saturated rings. The Bertz CT molecular complexity index is 1030. The van der Waals surface area contributed by atoms with Crippen LogP contribution >= 0.6 is 0 Å². The van der Waals surface area contributed by atoms with E-state index in [2.05, 4.69) is 20.4 Å². The Morgan fingerprint density at radius 1 is 0.897 bits per heavy atom. The van der Waals surface area contributed by atoms with Crippen LogP contribution in [0.25, 0.3) is 11.3 Å². The second kappa shape index (κ2) is 7.15. The van der Waals surface area contributed by atoms with Crippen molar-refractivity contribution in [3.63, 3.8) is 0 Å². The molecule has 148 valence electrons. The van der Waals surface area contributed by atoms with Gasteiger partial charge in [-0.3, -0.25) is 4.90 Å². The molecule has 1 N–H and O–H groups in total. The first-order valence-electron chi connectivity index (χ1n) is 9.60. The summed E-state index contributed by atoms with van der Waals surface area (Å²) in [5, 5.41) is 11.5. The van der Waals surface area contributed by atoms with Crippen LogP contribution in [0.3, 0.4) is 0 Å². The van der Waals surface area contributed by atoms with Crippen LogP contribution in [0, 0.1) is 29.3 Å². The fraction of sp³-hybridized carbons (Fsp3) is 0.273. The molecule has 1 saturated heterocycles. The number of likely N-dealkylation sites (tertiary alicyclic amines) is 1. The first-order chi connectivity index (χ1) is 14.1. The van der Waals surface area contributed by atoms with Gasteiger partial charge in [-0.05, 0) is 48.2 Å². The van der Waals surface area contributed by atoms with Gasteiger partial charge in [-0.15, -0.1) is 10.2 Å². The van der Waals surface area contributed by atoms with E-state index in [9.17, 15) is 13.2 Å². The maximum absolute atomic E-state index is 13.9. The summed E-state index contributed by atoms with van der Waals surface area (Å²) < 4.78 is 41.1. The summed E-state index contributed by atoms with van der Waals surface area (Å²) in [6.07, 6.45) is 0. The van der Waals surface area contributed by atoms with E-state index in [1.54, 1.807) is 18.2 Å². The highest BCUT2D eigenvalue weighted by molar-refractivity contribution is 5.60. The normalized spacial score (nSPS) is 23.1. The Morgan fingerprint density at radius 3 is 2.41 bits per heavy atom. The molecule has 3 aromatic rings. The first-order valence-corrected chi connectivity index (χ1v) is 9.60. The minimum absolute atomic E-state index is 0.0936. The van der Waals surface area contributed by atoms with Gasteiger partial charge in [-0.1, -0.05) is 18.2 Å². The van der Waals surface area contributed by atoms with Crippen molar-refractivity contribution in [1.82, 2.24) is 15.1 Å². The number of anilines is 1. The maximum atomic E-state index is 13.9. The number of nitrogens with zero attached hydrogens (tertiary/aromatic N) is 3. The summed E-state index contributed by atoms with van der Waals surface area (Å²) >= 11 is 0. The Morgan fingerprint density at radius 2 is 1.69 bits per heavy atom. The van der Waals surface area contributed by atoms with Crippen molar-refractivity contribution < 1.29 is 13.2 Å². The van der Waals surface area contributed by atoms with Crippen molar-refractivity contribution in [3.05, 3.63) is 77.6 Å². The molecule has 1 aliphatic carbocycles. The van der Waals surface area contributed by atoms with Crippen molar-refractivity contribution in [2.45, 2.75) is 12.6 Å². The number of rotatable bonds is 5. The van der Waals surface area contributed by atoms with Crippen LogP contribution in [0.4, 0.5) is 19.0 Å². The zero-order chi connectivity index (χ0) is 20.0. The quantitative estimate of drug-likeness (QED) is 0.705. The molecule has 5 rings (SSSR count). The second-order valence-electron chi connectivity index (χ2n) is 7.71. The molecule has 0 bridgehead atoms. The maximum Gasteiger partial charge on any atom is 0.148 e. The zero-order valence-electron chi connectivity index (χ0n) is 15.5. The molecule has 2 aromatic carbocycles. The molecule has 3 atom stereocenters. The first kappa shape index (κ1) is 18.1. The molecular formula is C22H19F3N4. The molecular weight excluding hydrogens is 377 g/mol. The van der Waals surface area contributed by atoms with Crippen molar-refractivity contribution in [2.75, 3.05) is 18.4 Å². The molecule has 7 heteroatoms. The summed E-state index contributed by atoms with van der Waals surface area (Å²) in [6.45, 7) is 2.45. The third kappa shape index (κ3) is 3.58. The van der Waals surface area contributed by atoms with E-state index in [1.807, 2.05) is 12.1 Å². The molecule has 1 aromatic heterocycles. The van der Waals surface area contributed by atoms with Gasteiger partial charge < -0.3 is 5.32 Å². The molecule has 0 spiro atoms. The van der Waals surface area contributed by atoms with Crippen LogP contribution in [0.15, 0.2) is 54.6 Å². The molecule has 0 radical (unpaired) electrons. The molecule has 1 aliphatic heterocycles. The monoisotopic (exact) mass is 396 g/mol. The van der Waals surface area contributed by atoms with Crippen LogP contribution in [0.1, 0.15) is 5.56 Å². The number of nitrogens with one attached hydrogen (secondary N) is 1. The number of fused-ring (bicyclic) bond motifs is 1. The summed E-state index contributed by atoms with van der Waals surface area (Å²) in [7, 11) is 0. The predicted octanol–water partition coefficient (Wildman–Crippen LogP) is 4.10. The van der Waals surface area contributed by atoms with E-state index in [1.165, 1.54) is 6.07 Å². The van der Waals surface area contributed by atoms with Gasteiger partial charge in [0.15, 0.2) is 0 Å². The zero-order valence-corrected chi connectivity index (χ0v) is 15.5. The largest absolute Gasteiger partial charge is 0.365 e. The topological polar surface area (TPSA) is 41.0 Å². The number of benzene rings is 2. The molecule has 1 saturated carbocycles. The average molecular weight is 396 g/mol. The fourth-order valence-corrected chi connectivity index (χ4v) is 4.24. The number of halogens is 3. The lowest BCUT2D eigenvalue weighted by atomic mass is 10.1. The van der Waals surface area contributed by atoms with Crippen LogP contribution in [-0.2, 0) is 6.54 Å². The van der Waals surface area contributed by atoms with E-state index in [4.69, 9.17) is 0 Å². The van der Waals surface area contributed by atoms with Gasteiger partial charge in [0.25, 0.3) is 0 Å². The van der Waals surface area contributed by atoms with Crippen LogP contribution in [-0.4, -0.2) is 34.2 Å². The third-order valence-corrected chi connectivity index (χ3v) is 5.80. The Labute approximate surface area is 166 Å². The van der Waals surface area contributed by atoms with Crippen molar-refractivity contribution in [1.29, 1.82) is 0 Å². The standard InChI is InChI=1S/C22H19F3N4/c23-14-5-6-19(25)15(9-14)20-7-8-21(28-27-20)26-22-16-11-29(12-17(16)22)10-13-3-1-2-4-18(13)24/h1-9,16-17,22H,10-12H2,(H,26,28)/t16-,17+,22-. The lowest BCUT2D eigenvalue weighted by molar-refractivity contribution is 0.288. The van der Waals surface area contributed by atoms with Gasteiger partial charge >= 0.3 is 0 Å². The highest BCUT2D eigenvalue weighted by Gasteiger charge is 2.55. The molecule has 29 heavy (non-hydrogen) atoms. The Hall–Kier alpha value is -2.93. The lowest BCUT2D eigenvalue weighted by Gasteiger charge is -2.20. The summed E-state index contributed by atoms with van der Waals surface area (Å²) in [4.78, 5) is 2.27. The number of hydrogen-bond acceptors (Lipinski definition) is 4. The minimum Gasteiger partial charge on any atom is -0.365 e. The molecule has 2 aliphatic rings. The van der Waals surface area contributed by atoms with E-state index < -0.39 is 11.6 Å². The molecule has 4 nitrogen and oxygen atoms in total. The Balaban J connectivity index is 1.18. The smallest absolute Gasteiger partial charge is 0.148 e. The predicted molar refractivity (Wildman–Crippen MR) is 103 cm³/mol. The summed E-state index contributed by atoms with van der Waals surface area (Å²) in [5.74, 6) is 0.413. The minimum atomic E-state index is -0.534. The lowest BCUT2D eigenvalue weighted by Crippen LogP contribution is -2.28. The molecule has 0 amide bonds. The summed E-state index contributed by atoms with van der Waals surface area (Å²) in [5.41, 5.74) is 1.11. The SMILES string of the molecule is Fc1ccc(F)c(-c2ccc(N[C@@H]3[C@@H]4CN(Cc5ccccc5F)C[C@@H]43)nn2)c1. The van der Waals surface area contributed by atoms with Crippen LogP contribution in [0.5, 0.6) is 0 Å². The average Bonchev–Trinajstić information content (AvgIpc) is 3.16. The van der Waals surface area contributed by atoms with Gasteiger partial charge in [0.05, 0.1) is 5.69 Å². The van der Waals surface area contributed by atoms with E-state index in [-0.39, 0.29) is 11.4 Å². The molecule has 2 heterocycles. The van der Waals surface area contributed by atoms with E-state index >= 15 is 0 Å². The number of hydrogen-bond donors (Lipinski definition) is 1. The van der Waals surface area contributed by atoms with Crippen molar-refractivity contribution >= 4 is 5.82 Å². The van der Waals surface area contributed by atoms with E-state index in [0.717, 1.165) is 36.9 Å². The fourth-order valence-electron chi connectivity index (χ4n) is 4.24. The van der Waals surface area contributed by atoms with Crippen molar-refractivity contribution in [3.8, 4) is 11.3 Å². The number of piperidine rings is 1. The number of aromatic nitrogens is 2. The highest BCUT2D eigenvalue weighted by atomic mass is 19.1. The van der Waals surface area contributed by atoms with Gasteiger partial charge in [0.1, 0.15) is 23.3 Å². The van der Waals surface area contributed by atoms with Crippen LogP contribution < -0.4 is 5.32 Å². The van der Waals surface area contributed by atoms with Gasteiger partial charge in [-0.2, -0.15) is 0 Å². The summed E-state index contributed by atoms with van der Waals surface area (Å²) in [6, 6.07) is 13.8. The van der Waals surface area contributed by atoms with Gasteiger partial charge in [-0.25, -0.2) is 13.2 Å². The van der Waals surface area contributed by atoms with E-state index in [0.29, 0.717) is 35.9 Å². The Kier molecular flexibility index (Phi) is 4.47. The molecule has 0 unspecified atom stereocenters. The van der Waals surface area contributed by atoms with Gasteiger partial charge in [0.2, 0.25) is 0 Å². The van der Waals surface area contributed by atoms with Gasteiger partial charge in [0, 0.05) is 36.8 Å². The highest BCUT2D eigenvalue weighted by Crippen LogP contribution is 2.47. The van der Waals surface area contributed by atoms with Crippen molar-refractivity contribution in [2.24, 2.45) is 11.8 Å².